The average Bonchev–Trinajstić information content (AvgIpc) is 3.59. The second kappa shape index (κ2) is 7.55. The number of amides is 2. The Morgan fingerprint density at radius 2 is 1.83 bits per heavy atom. The van der Waals surface area contributed by atoms with Crippen LogP contribution in [0.25, 0.3) is 0 Å². The summed E-state index contributed by atoms with van der Waals surface area (Å²) < 4.78 is 0. The van der Waals surface area contributed by atoms with Gasteiger partial charge in [-0.05, 0) is 74.0 Å². The van der Waals surface area contributed by atoms with E-state index < -0.39 is 5.41 Å². The van der Waals surface area contributed by atoms with Crippen molar-refractivity contribution in [1.29, 1.82) is 0 Å². The molecule has 2 aromatic rings. The van der Waals surface area contributed by atoms with E-state index in [4.69, 9.17) is 0 Å². The van der Waals surface area contributed by atoms with Crippen molar-refractivity contribution in [2.24, 2.45) is 5.92 Å². The van der Waals surface area contributed by atoms with Crippen LogP contribution in [-0.4, -0.2) is 43.4 Å². The molecule has 2 amide bonds. The van der Waals surface area contributed by atoms with E-state index in [1.807, 2.05) is 31.3 Å². The first kappa shape index (κ1) is 19.3. The Morgan fingerprint density at radius 3 is 2.53 bits per heavy atom. The lowest BCUT2D eigenvalue weighted by molar-refractivity contribution is -0.124. The summed E-state index contributed by atoms with van der Waals surface area (Å²) in [5.41, 5.74) is 3.47. The maximum absolute atomic E-state index is 13.3. The van der Waals surface area contributed by atoms with Gasteiger partial charge in [0, 0.05) is 31.4 Å². The summed E-state index contributed by atoms with van der Waals surface area (Å²) in [4.78, 5) is 30.2. The molecule has 156 valence electrons. The highest BCUT2D eigenvalue weighted by Gasteiger charge is 2.51. The zero-order chi connectivity index (χ0) is 20.7. The molecule has 0 atom stereocenters. The SMILES string of the molecule is CN1C(=O)C2(CCN(Cc3ccccc3)CC2)c2cc(C(=O)NCC3CC3)ccc21. The molecule has 5 rings (SSSR count). The number of likely N-dealkylation sites (N-methyl/N-ethyl adjacent to an activating group) is 1. The van der Waals surface area contributed by atoms with E-state index in [-0.39, 0.29) is 11.8 Å². The molecule has 2 fully saturated rings. The predicted octanol–water partition coefficient (Wildman–Crippen LogP) is 3.34. The van der Waals surface area contributed by atoms with Crippen molar-refractivity contribution >= 4 is 17.5 Å². The predicted molar refractivity (Wildman–Crippen MR) is 118 cm³/mol. The number of carbonyl (C=O) groups is 2. The Balaban J connectivity index is 1.35. The van der Waals surface area contributed by atoms with Gasteiger partial charge in [0.1, 0.15) is 0 Å². The van der Waals surface area contributed by atoms with E-state index in [0.717, 1.165) is 50.3 Å². The molecule has 0 bridgehead atoms. The van der Waals surface area contributed by atoms with Crippen LogP contribution in [0, 0.1) is 5.92 Å². The van der Waals surface area contributed by atoms with E-state index >= 15 is 0 Å². The highest BCUT2D eigenvalue weighted by atomic mass is 16.2. The standard InChI is InChI=1S/C25H29N3O2/c1-27-22-10-9-20(23(29)26-16-18-7-8-18)15-21(22)25(24(27)30)11-13-28(14-12-25)17-19-5-3-2-4-6-19/h2-6,9-10,15,18H,7-8,11-14,16-17H2,1H3,(H,26,29). The largest absolute Gasteiger partial charge is 0.352 e. The number of piperidine rings is 1. The fraction of sp³-hybridized carbons (Fsp3) is 0.440. The first-order chi connectivity index (χ1) is 14.6. The molecular weight excluding hydrogens is 374 g/mol. The average molecular weight is 404 g/mol. The molecule has 5 nitrogen and oxygen atoms in total. The van der Waals surface area contributed by atoms with Gasteiger partial charge in [-0.2, -0.15) is 0 Å². The minimum absolute atomic E-state index is 0.0247. The minimum atomic E-state index is -0.496. The molecule has 1 saturated carbocycles. The van der Waals surface area contributed by atoms with E-state index in [1.54, 1.807) is 4.90 Å². The molecule has 2 aromatic carbocycles. The number of nitrogens with one attached hydrogen (secondary N) is 1. The number of fused-ring (bicyclic) bond motifs is 2. The zero-order valence-corrected chi connectivity index (χ0v) is 17.6. The first-order valence-corrected chi connectivity index (χ1v) is 11.0. The Bertz CT molecular complexity index is 960. The summed E-state index contributed by atoms with van der Waals surface area (Å²) in [5, 5.41) is 3.05. The van der Waals surface area contributed by atoms with E-state index in [9.17, 15) is 9.59 Å². The van der Waals surface area contributed by atoms with Crippen molar-refractivity contribution in [2.45, 2.75) is 37.6 Å². The molecule has 5 heteroatoms. The van der Waals surface area contributed by atoms with Crippen LogP contribution in [0.1, 0.15) is 47.2 Å². The van der Waals surface area contributed by atoms with Crippen LogP contribution in [0.15, 0.2) is 48.5 Å². The number of likely N-dealkylation sites (tertiary alicyclic amines) is 1. The topological polar surface area (TPSA) is 52.7 Å². The minimum Gasteiger partial charge on any atom is -0.352 e. The highest BCUT2D eigenvalue weighted by molar-refractivity contribution is 6.09. The summed E-state index contributed by atoms with van der Waals surface area (Å²) in [6.07, 6.45) is 4.02. The van der Waals surface area contributed by atoms with Crippen molar-refractivity contribution in [1.82, 2.24) is 10.2 Å². The molecule has 1 saturated heterocycles. The summed E-state index contributed by atoms with van der Waals surface area (Å²) in [6.45, 7) is 3.43. The van der Waals surface area contributed by atoms with Crippen molar-refractivity contribution in [3.63, 3.8) is 0 Å². The van der Waals surface area contributed by atoms with Crippen molar-refractivity contribution < 1.29 is 9.59 Å². The lowest BCUT2D eigenvalue weighted by Gasteiger charge is -2.38. The summed E-state index contributed by atoms with van der Waals surface area (Å²) >= 11 is 0. The van der Waals surface area contributed by atoms with Crippen LogP contribution in [0.2, 0.25) is 0 Å². The molecule has 1 spiro atoms. The molecule has 30 heavy (non-hydrogen) atoms. The number of nitrogens with zero attached hydrogens (tertiary/aromatic N) is 2. The number of carbonyl (C=O) groups excluding carboxylic acids is 2. The quantitative estimate of drug-likeness (QED) is 0.833. The highest BCUT2D eigenvalue weighted by Crippen LogP contribution is 2.47. The number of rotatable bonds is 5. The Morgan fingerprint density at radius 1 is 1.10 bits per heavy atom. The van der Waals surface area contributed by atoms with Crippen LogP contribution in [0.5, 0.6) is 0 Å². The fourth-order valence-corrected chi connectivity index (χ4v) is 4.98. The first-order valence-electron chi connectivity index (χ1n) is 11.0. The van der Waals surface area contributed by atoms with Gasteiger partial charge in [-0.25, -0.2) is 0 Å². The molecule has 0 unspecified atom stereocenters. The maximum Gasteiger partial charge on any atom is 0.251 e. The summed E-state index contributed by atoms with van der Waals surface area (Å²) in [7, 11) is 1.86. The number of hydrogen-bond donors (Lipinski definition) is 1. The maximum atomic E-state index is 13.3. The van der Waals surface area contributed by atoms with Gasteiger partial charge in [0.15, 0.2) is 0 Å². The monoisotopic (exact) mass is 403 g/mol. The number of benzene rings is 2. The van der Waals surface area contributed by atoms with Gasteiger partial charge in [-0.1, -0.05) is 30.3 Å². The van der Waals surface area contributed by atoms with Crippen molar-refractivity contribution in [3.05, 3.63) is 65.2 Å². The van der Waals surface area contributed by atoms with Gasteiger partial charge in [-0.3, -0.25) is 14.5 Å². The molecule has 2 heterocycles. The second-order valence-corrected chi connectivity index (χ2v) is 9.09. The Kier molecular flexibility index (Phi) is 4.86. The smallest absolute Gasteiger partial charge is 0.251 e. The van der Waals surface area contributed by atoms with Gasteiger partial charge in [0.2, 0.25) is 5.91 Å². The van der Waals surface area contributed by atoms with E-state index in [2.05, 4.69) is 34.5 Å². The van der Waals surface area contributed by atoms with Crippen molar-refractivity contribution in [3.8, 4) is 0 Å². The fourth-order valence-electron chi connectivity index (χ4n) is 4.98. The third-order valence-corrected chi connectivity index (χ3v) is 7.06. The Hall–Kier alpha value is -2.66. The van der Waals surface area contributed by atoms with Crippen LogP contribution in [-0.2, 0) is 16.8 Å². The van der Waals surface area contributed by atoms with E-state index in [1.165, 1.54) is 18.4 Å². The third kappa shape index (κ3) is 3.41. The van der Waals surface area contributed by atoms with Gasteiger partial charge in [0.25, 0.3) is 5.91 Å². The molecule has 0 aromatic heterocycles. The number of hydrogen-bond acceptors (Lipinski definition) is 3. The third-order valence-electron chi connectivity index (χ3n) is 7.06. The molecule has 1 N–H and O–H groups in total. The lowest BCUT2D eigenvalue weighted by Crippen LogP contribution is -2.47. The van der Waals surface area contributed by atoms with Crippen LogP contribution in [0.4, 0.5) is 5.69 Å². The molecule has 3 aliphatic rings. The second-order valence-electron chi connectivity index (χ2n) is 9.09. The Labute approximate surface area is 178 Å². The molecule has 0 radical (unpaired) electrons. The van der Waals surface area contributed by atoms with Gasteiger partial charge >= 0.3 is 0 Å². The van der Waals surface area contributed by atoms with Crippen molar-refractivity contribution in [2.75, 3.05) is 31.6 Å². The summed E-state index contributed by atoms with van der Waals surface area (Å²) in [5.74, 6) is 0.798. The van der Waals surface area contributed by atoms with Gasteiger partial charge < -0.3 is 10.2 Å². The van der Waals surface area contributed by atoms with E-state index in [0.29, 0.717) is 11.5 Å². The van der Waals surface area contributed by atoms with Crippen LogP contribution >= 0.6 is 0 Å². The van der Waals surface area contributed by atoms with Crippen LogP contribution in [0.3, 0.4) is 0 Å². The summed E-state index contributed by atoms with van der Waals surface area (Å²) in [6, 6.07) is 16.3. The van der Waals surface area contributed by atoms with Crippen LogP contribution < -0.4 is 10.2 Å². The number of anilines is 1. The molecule has 2 aliphatic heterocycles. The normalized spacial score (nSPS) is 20.4. The van der Waals surface area contributed by atoms with Gasteiger partial charge in [-0.15, -0.1) is 0 Å². The molecular formula is C25H29N3O2. The lowest BCUT2D eigenvalue weighted by atomic mass is 9.73. The van der Waals surface area contributed by atoms with Gasteiger partial charge in [0.05, 0.1) is 5.41 Å². The zero-order valence-electron chi connectivity index (χ0n) is 17.6. The molecule has 1 aliphatic carbocycles.